The quantitative estimate of drug-likeness (QED) is 0.113. The normalized spacial score (nSPS) is 13.9. The number of carbonyl (C=O) groups excluding carboxylic acids is 3. The smallest absolute Gasteiger partial charge is 0.326 e. The van der Waals surface area contributed by atoms with Crippen LogP contribution in [0.25, 0.3) is 0 Å². The van der Waals surface area contributed by atoms with Crippen molar-refractivity contribution < 1.29 is 49.2 Å². The molecule has 198 valence electrons. The molecule has 3 amide bonds. The Kier molecular flexibility index (Phi) is 12.2. The summed E-state index contributed by atoms with van der Waals surface area (Å²) < 4.78 is 0. The number of phenolic OH excluding ortho intramolecular Hbond substituents is 1. The summed E-state index contributed by atoms with van der Waals surface area (Å²) in [6, 6.07) is -0.102. The number of carboxylic acid groups (broad SMARTS) is 3. The summed E-state index contributed by atoms with van der Waals surface area (Å²) in [6.07, 6.45) is -2.11. The fourth-order valence-electron chi connectivity index (χ4n) is 2.89. The van der Waals surface area contributed by atoms with Crippen LogP contribution in [-0.2, 0) is 35.2 Å². The number of thiol groups is 1. The van der Waals surface area contributed by atoms with E-state index in [9.17, 15) is 33.9 Å². The minimum absolute atomic E-state index is 0.0385. The van der Waals surface area contributed by atoms with Gasteiger partial charge in [0.15, 0.2) is 0 Å². The summed E-state index contributed by atoms with van der Waals surface area (Å²) >= 11 is 3.93. The zero-order valence-electron chi connectivity index (χ0n) is 18.9. The van der Waals surface area contributed by atoms with Gasteiger partial charge in [0.25, 0.3) is 0 Å². The van der Waals surface area contributed by atoms with Crippen molar-refractivity contribution in [2.24, 2.45) is 5.73 Å². The first-order chi connectivity index (χ1) is 16.8. The van der Waals surface area contributed by atoms with Crippen molar-refractivity contribution in [3.05, 3.63) is 29.8 Å². The molecule has 36 heavy (non-hydrogen) atoms. The lowest BCUT2D eigenvalue weighted by molar-refractivity contribution is -0.147. The summed E-state index contributed by atoms with van der Waals surface area (Å²) in [4.78, 5) is 71.2. The maximum atomic E-state index is 13.0. The minimum atomic E-state index is -1.83. The van der Waals surface area contributed by atoms with Gasteiger partial charge in [-0.3, -0.25) is 24.0 Å². The zero-order valence-corrected chi connectivity index (χ0v) is 19.8. The molecule has 0 aromatic heterocycles. The van der Waals surface area contributed by atoms with E-state index in [4.69, 9.17) is 21.1 Å². The van der Waals surface area contributed by atoms with Crippen molar-refractivity contribution in [3.8, 4) is 5.75 Å². The molecule has 4 unspecified atom stereocenters. The summed E-state index contributed by atoms with van der Waals surface area (Å²) in [5.74, 6) is -7.32. The molecule has 1 rings (SSSR count). The van der Waals surface area contributed by atoms with Gasteiger partial charge in [0.1, 0.15) is 23.9 Å². The van der Waals surface area contributed by atoms with E-state index in [1.54, 1.807) is 0 Å². The molecular formula is C21H28N4O10S. The molecule has 0 saturated heterocycles. The second kappa shape index (κ2) is 14.5. The van der Waals surface area contributed by atoms with Crippen molar-refractivity contribution in [2.75, 3.05) is 5.75 Å². The summed E-state index contributed by atoms with van der Waals surface area (Å²) in [7, 11) is 0. The zero-order chi connectivity index (χ0) is 27.4. The number of aliphatic carboxylic acids is 3. The summed E-state index contributed by atoms with van der Waals surface area (Å²) in [5, 5.41) is 43.1. The number of nitrogens with one attached hydrogen (secondary N) is 3. The Labute approximate surface area is 210 Å². The highest BCUT2D eigenvalue weighted by Crippen LogP contribution is 2.12. The van der Waals surface area contributed by atoms with E-state index in [0.29, 0.717) is 5.56 Å². The molecular weight excluding hydrogens is 500 g/mol. The number of carbonyl (C=O) groups is 6. The van der Waals surface area contributed by atoms with Gasteiger partial charge in [0.2, 0.25) is 17.7 Å². The molecule has 14 nitrogen and oxygen atoms in total. The number of benzene rings is 1. The Morgan fingerprint density at radius 3 is 1.83 bits per heavy atom. The Morgan fingerprint density at radius 1 is 0.806 bits per heavy atom. The van der Waals surface area contributed by atoms with Gasteiger partial charge >= 0.3 is 17.9 Å². The number of aromatic hydroxyl groups is 1. The van der Waals surface area contributed by atoms with E-state index >= 15 is 0 Å². The number of carboxylic acids is 3. The first-order valence-electron chi connectivity index (χ1n) is 10.6. The molecule has 0 saturated carbocycles. The van der Waals surface area contributed by atoms with Gasteiger partial charge in [-0.25, -0.2) is 4.79 Å². The highest BCUT2D eigenvalue weighted by molar-refractivity contribution is 7.80. The second-order valence-electron chi connectivity index (χ2n) is 7.71. The van der Waals surface area contributed by atoms with E-state index in [1.165, 1.54) is 24.3 Å². The van der Waals surface area contributed by atoms with Gasteiger partial charge in [-0.15, -0.1) is 0 Å². The standard InChI is InChI=1S/C21H28N4O10S/c22-12(9-36)18(31)24-14(7-10-1-3-11(26)4-2-10)20(33)23-13(5-6-16(27)28)19(32)25-15(21(34)35)8-17(29)30/h1-4,12-15,26,36H,5-9,22H2,(H,23,33)(H,24,31)(H,25,32)(H,27,28)(H,29,30)(H,34,35). The predicted octanol–water partition coefficient (Wildman–Crippen LogP) is -1.93. The van der Waals surface area contributed by atoms with Crippen LogP contribution in [-0.4, -0.2) is 86.0 Å². The molecule has 0 aliphatic carbocycles. The molecule has 4 atom stereocenters. The van der Waals surface area contributed by atoms with Crippen molar-refractivity contribution in [1.82, 2.24) is 16.0 Å². The van der Waals surface area contributed by atoms with Gasteiger partial charge in [-0.2, -0.15) is 12.6 Å². The van der Waals surface area contributed by atoms with E-state index in [2.05, 4.69) is 23.3 Å². The number of phenols is 1. The van der Waals surface area contributed by atoms with Gasteiger partial charge in [-0.05, 0) is 24.1 Å². The van der Waals surface area contributed by atoms with E-state index in [-0.39, 0.29) is 17.9 Å². The number of amides is 3. The maximum Gasteiger partial charge on any atom is 0.326 e. The number of rotatable bonds is 15. The Balaban J connectivity index is 3.15. The fraction of sp³-hybridized carbons (Fsp3) is 0.429. The lowest BCUT2D eigenvalue weighted by atomic mass is 10.0. The average Bonchev–Trinajstić information content (AvgIpc) is 2.80. The molecule has 0 aliphatic heterocycles. The second-order valence-corrected chi connectivity index (χ2v) is 8.08. The number of hydrogen-bond acceptors (Lipinski definition) is 9. The van der Waals surface area contributed by atoms with Gasteiger partial charge in [0.05, 0.1) is 12.5 Å². The van der Waals surface area contributed by atoms with E-state index in [1.807, 2.05) is 5.32 Å². The van der Waals surface area contributed by atoms with Gasteiger partial charge < -0.3 is 42.1 Å². The summed E-state index contributed by atoms with van der Waals surface area (Å²) in [5.41, 5.74) is 6.15. The highest BCUT2D eigenvalue weighted by Gasteiger charge is 2.31. The van der Waals surface area contributed by atoms with Crippen LogP contribution < -0.4 is 21.7 Å². The van der Waals surface area contributed by atoms with Gasteiger partial charge in [-0.1, -0.05) is 12.1 Å². The van der Waals surface area contributed by atoms with Crippen molar-refractivity contribution in [3.63, 3.8) is 0 Å². The van der Waals surface area contributed by atoms with Crippen LogP contribution in [0.15, 0.2) is 24.3 Å². The molecule has 9 N–H and O–H groups in total. The predicted molar refractivity (Wildman–Crippen MR) is 126 cm³/mol. The molecule has 0 heterocycles. The van der Waals surface area contributed by atoms with Crippen molar-refractivity contribution in [1.29, 1.82) is 0 Å². The van der Waals surface area contributed by atoms with Crippen molar-refractivity contribution in [2.45, 2.75) is 49.9 Å². The monoisotopic (exact) mass is 528 g/mol. The first kappa shape index (κ1) is 30.2. The molecule has 1 aromatic carbocycles. The SMILES string of the molecule is NC(CS)C(=O)NC(Cc1ccc(O)cc1)C(=O)NC(CCC(=O)O)C(=O)NC(CC(=O)O)C(=O)O. The topological polar surface area (TPSA) is 245 Å². The van der Waals surface area contributed by atoms with Gasteiger partial charge in [0, 0.05) is 18.6 Å². The maximum absolute atomic E-state index is 13.0. The van der Waals surface area contributed by atoms with Crippen LogP contribution in [0.5, 0.6) is 5.75 Å². The number of nitrogens with two attached hydrogens (primary N) is 1. The van der Waals surface area contributed by atoms with Crippen molar-refractivity contribution >= 4 is 48.3 Å². The van der Waals surface area contributed by atoms with Crippen LogP contribution in [0, 0.1) is 0 Å². The molecule has 15 heteroatoms. The van der Waals surface area contributed by atoms with Crippen LogP contribution in [0.4, 0.5) is 0 Å². The molecule has 0 spiro atoms. The Hall–Kier alpha value is -3.85. The lowest BCUT2D eigenvalue weighted by Crippen LogP contribution is -2.58. The third kappa shape index (κ3) is 10.6. The van der Waals surface area contributed by atoms with Crippen LogP contribution in [0.3, 0.4) is 0 Å². The molecule has 0 bridgehead atoms. The minimum Gasteiger partial charge on any atom is -0.508 e. The largest absolute Gasteiger partial charge is 0.508 e. The lowest BCUT2D eigenvalue weighted by Gasteiger charge is -2.25. The van der Waals surface area contributed by atoms with Crippen LogP contribution in [0.1, 0.15) is 24.8 Å². The number of hydrogen-bond donors (Lipinski definition) is 9. The fourth-order valence-corrected chi connectivity index (χ4v) is 3.06. The highest BCUT2D eigenvalue weighted by atomic mass is 32.1. The third-order valence-corrected chi connectivity index (χ3v) is 5.21. The Bertz CT molecular complexity index is 972. The van der Waals surface area contributed by atoms with E-state index < -0.39 is 79.1 Å². The van der Waals surface area contributed by atoms with Crippen LogP contribution >= 0.6 is 12.6 Å². The molecule has 1 aromatic rings. The molecule has 0 aliphatic rings. The first-order valence-corrected chi connectivity index (χ1v) is 11.2. The Morgan fingerprint density at radius 2 is 1.33 bits per heavy atom. The molecule has 0 fully saturated rings. The summed E-state index contributed by atoms with van der Waals surface area (Å²) in [6.45, 7) is 0. The van der Waals surface area contributed by atoms with Crippen LogP contribution in [0.2, 0.25) is 0 Å². The van der Waals surface area contributed by atoms with E-state index in [0.717, 1.165) is 0 Å². The third-order valence-electron chi connectivity index (χ3n) is 4.82. The average molecular weight is 529 g/mol. The molecule has 0 radical (unpaired) electrons.